The fourth-order valence-corrected chi connectivity index (χ4v) is 2.51. The van der Waals surface area contributed by atoms with E-state index in [0.717, 1.165) is 23.1 Å². The molecular weight excluding hydrogens is 330 g/mol. The zero-order valence-electron chi connectivity index (χ0n) is 14.7. The number of ether oxygens (including phenoxy) is 2. The Labute approximate surface area is 152 Å². The molecule has 0 unspecified atom stereocenters. The Balaban J connectivity index is 1.78. The molecule has 0 aromatic heterocycles. The predicted molar refractivity (Wildman–Crippen MR) is 98.8 cm³/mol. The monoisotopic (exact) mass is 349 g/mol. The van der Waals surface area contributed by atoms with Crippen molar-refractivity contribution < 1.29 is 19.1 Å². The van der Waals surface area contributed by atoms with Crippen molar-refractivity contribution in [3.05, 3.63) is 70.9 Å². The molecule has 0 radical (unpaired) electrons. The molecule has 132 valence electrons. The minimum atomic E-state index is -0.485. The minimum Gasteiger partial charge on any atom is -0.427 e. The van der Waals surface area contributed by atoms with Gasteiger partial charge in [0.25, 0.3) is 0 Å². The van der Waals surface area contributed by atoms with E-state index in [2.05, 4.69) is 4.99 Å². The lowest BCUT2D eigenvalue weighted by molar-refractivity contribution is -0.134. The Kier molecular flexibility index (Phi) is 5.27. The molecule has 0 N–H and O–H groups in total. The first-order valence-electron chi connectivity index (χ1n) is 8.46. The van der Waals surface area contributed by atoms with Gasteiger partial charge in [0.2, 0.25) is 5.90 Å². The van der Waals surface area contributed by atoms with Gasteiger partial charge in [0.15, 0.2) is 5.70 Å². The molecule has 0 fully saturated rings. The number of rotatable bonds is 5. The third kappa shape index (κ3) is 4.06. The van der Waals surface area contributed by atoms with Crippen LogP contribution < -0.4 is 4.74 Å². The Morgan fingerprint density at radius 2 is 1.88 bits per heavy atom. The summed E-state index contributed by atoms with van der Waals surface area (Å²) in [6.07, 6.45) is 2.77. The highest BCUT2D eigenvalue weighted by Gasteiger charge is 2.24. The van der Waals surface area contributed by atoms with E-state index >= 15 is 0 Å². The number of aryl methyl sites for hydroxylation is 1. The van der Waals surface area contributed by atoms with Gasteiger partial charge in [0, 0.05) is 12.0 Å². The van der Waals surface area contributed by atoms with Crippen molar-refractivity contribution in [2.24, 2.45) is 4.99 Å². The van der Waals surface area contributed by atoms with Gasteiger partial charge in [-0.05, 0) is 48.7 Å². The molecular formula is C21H19NO4. The quantitative estimate of drug-likeness (QED) is 0.464. The fourth-order valence-electron chi connectivity index (χ4n) is 2.51. The normalized spacial score (nSPS) is 14.9. The molecule has 0 saturated heterocycles. The van der Waals surface area contributed by atoms with Gasteiger partial charge in [-0.15, -0.1) is 0 Å². The van der Waals surface area contributed by atoms with Crippen LogP contribution in [0.5, 0.6) is 5.75 Å². The molecule has 2 aromatic rings. The highest BCUT2D eigenvalue weighted by molar-refractivity contribution is 6.13. The lowest BCUT2D eigenvalue weighted by Crippen LogP contribution is -2.07. The second-order valence-electron chi connectivity index (χ2n) is 5.94. The van der Waals surface area contributed by atoms with Crippen molar-refractivity contribution in [3.63, 3.8) is 0 Å². The molecule has 0 spiro atoms. The lowest BCUT2D eigenvalue weighted by Gasteiger charge is -2.03. The van der Waals surface area contributed by atoms with E-state index in [1.807, 2.05) is 38.1 Å². The summed E-state index contributed by atoms with van der Waals surface area (Å²) >= 11 is 0. The largest absolute Gasteiger partial charge is 0.427 e. The SMILES string of the molecule is CCCC(=O)Oc1ccc(/C=C2\N=C(c3ccccc3C)OC2=O)cc1. The van der Waals surface area contributed by atoms with Gasteiger partial charge in [-0.3, -0.25) is 4.79 Å². The van der Waals surface area contributed by atoms with Crippen molar-refractivity contribution in [2.45, 2.75) is 26.7 Å². The molecule has 1 aliphatic heterocycles. The van der Waals surface area contributed by atoms with Crippen LogP contribution in [0, 0.1) is 6.92 Å². The zero-order valence-corrected chi connectivity index (χ0v) is 14.7. The number of carbonyl (C=O) groups is 2. The average molecular weight is 349 g/mol. The van der Waals surface area contributed by atoms with E-state index in [1.165, 1.54) is 0 Å². The molecule has 5 heteroatoms. The smallest absolute Gasteiger partial charge is 0.363 e. The number of cyclic esters (lactones) is 1. The molecule has 0 aliphatic carbocycles. The fraction of sp³-hybridized carbons (Fsp3) is 0.190. The summed E-state index contributed by atoms with van der Waals surface area (Å²) in [5.41, 5.74) is 2.78. The molecule has 0 atom stereocenters. The van der Waals surface area contributed by atoms with Gasteiger partial charge < -0.3 is 9.47 Å². The van der Waals surface area contributed by atoms with Crippen LogP contribution in [0.4, 0.5) is 0 Å². The van der Waals surface area contributed by atoms with E-state index in [0.29, 0.717) is 18.1 Å². The molecule has 0 saturated carbocycles. The number of carbonyl (C=O) groups excluding carboxylic acids is 2. The summed E-state index contributed by atoms with van der Waals surface area (Å²) < 4.78 is 10.5. The predicted octanol–water partition coefficient (Wildman–Crippen LogP) is 4.05. The Morgan fingerprint density at radius 3 is 2.58 bits per heavy atom. The lowest BCUT2D eigenvalue weighted by atomic mass is 10.1. The summed E-state index contributed by atoms with van der Waals surface area (Å²) in [4.78, 5) is 27.9. The first kappa shape index (κ1) is 17.6. The standard InChI is InChI=1S/C21H19NO4/c1-3-6-19(23)25-16-11-9-15(10-12-16)13-18-21(24)26-20(22-18)17-8-5-4-7-14(17)2/h4-5,7-13H,3,6H2,1-2H3/b18-13-. The van der Waals surface area contributed by atoms with Crippen molar-refractivity contribution in [1.82, 2.24) is 0 Å². The first-order chi connectivity index (χ1) is 12.6. The third-order valence-corrected chi connectivity index (χ3v) is 3.87. The van der Waals surface area contributed by atoms with E-state index in [-0.39, 0.29) is 11.7 Å². The summed E-state index contributed by atoms with van der Waals surface area (Å²) in [6.45, 7) is 3.86. The van der Waals surface area contributed by atoms with E-state index in [9.17, 15) is 9.59 Å². The minimum absolute atomic E-state index is 0.235. The maximum Gasteiger partial charge on any atom is 0.363 e. The summed E-state index contributed by atoms with van der Waals surface area (Å²) in [5.74, 6) is 0.0420. The Morgan fingerprint density at radius 1 is 1.15 bits per heavy atom. The van der Waals surface area contributed by atoms with Crippen molar-refractivity contribution >= 4 is 23.9 Å². The van der Waals surface area contributed by atoms with Gasteiger partial charge in [-0.2, -0.15) is 0 Å². The van der Waals surface area contributed by atoms with Crippen LogP contribution in [-0.4, -0.2) is 17.8 Å². The van der Waals surface area contributed by atoms with Gasteiger partial charge in [-0.25, -0.2) is 9.79 Å². The number of benzene rings is 2. The van der Waals surface area contributed by atoms with E-state index < -0.39 is 5.97 Å². The van der Waals surface area contributed by atoms with Crippen molar-refractivity contribution in [3.8, 4) is 5.75 Å². The van der Waals surface area contributed by atoms with Crippen LogP contribution in [-0.2, 0) is 14.3 Å². The molecule has 2 aromatic carbocycles. The van der Waals surface area contributed by atoms with Crippen LogP contribution in [0.3, 0.4) is 0 Å². The number of hydrogen-bond donors (Lipinski definition) is 0. The number of aliphatic imine (C=N–C) groups is 1. The summed E-state index contributed by atoms with van der Waals surface area (Å²) in [5, 5.41) is 0. The van der Waals surface area contributed by atoms with E-state index in [4.69, 9.17) is 9.47 Å². The zero-order chi connectivity index (χ0) is 18.5. The van der Waals surface area contributed by atoms with E-state index in [1.54, 1.807) is 30.3 Å². The summed E-state index contributed by atoms with van der Waals surface area (Å²) in [6, 6.07) is 14.5. The van der Waals surface area contributed by atoms with Crippen LogP contribution in [0.25, 0.3) is 6.08 Å². The van der Waals surface area contributed by atoms with Crippen molar-refractivity contribution in [1.29, 1.82) is 0 Å². The molecule has 1 aliphatic rings. The highest BCUT2D eigenvalue weighted by atomic mass is 16.6. The van der Waals surface area contributed by atoms with Gasteiger partial charge in [-0.1, -0.05) is 37.3 Å². The first-order valence-corrected chi connectivity index (χ1v) is 8.46. The van der Waals surface area contributed by atoms with Gasteiger partial charge in [0.1, 0.15) is 5.75 Å². The number of esters is 2. The second-order valence-corrected chi connectivity index (χ2v) is 5.94. The Bertz CT molecular complexity index is 894. The topological polar surface area (TPSA) is 65.0 Å². The molecule has 5 nitrogen and oxygen atoms in total. The maximum atomic E-state index is 12.1. The maximum absolute atomic E-state index is 12.1. The number of hydrogen-bond acceptors (Lipinski definition) is 5. The highest BCUT2D eigenvalue weighted by Crippen LogP contribution is 2.22. The van der Waals surface area contributed by atoms with Gasteiger partial charge >= 0.3 is 11.9 Å². The molecule has 26 heavy (non-hydrogen) atoms. The van der Waals surface area contributed by atoms with Crippen LogP contribution in [0.2, 0.25) is 0 Å². The Hall–Kier alpha value is -3.21. The second kappa shape index (κ2) is 7.78. The van der Waals surface area contributed by atoms with Crippen LogP contribution in [0.15, 0.2) is 59.2 Å². The molecule has 1 heterocycles. The number of nitrogens with zero attached hydrogens (tertiary/aromatic N) is 1. The third-order valence-electron chi connectivity index (χ3n) is 3.87. The molecule has 0 amide bonds. The summed E-state index contributed by atoms with van der Waals surface area (Å²) in [7, 11) is 0. The molecule has 0 bridgehead atoms. The average Bonchev–Trinajstić information content (AvgIpc) is 2.98. The van der Waals surface area contributed by atoms with Gasteiger partial charge in [0.05, 0.1) is 0 Å². The van der Waals surface area contributed by atoms with Crippen molar-refractivity contribution in [2.75, 3.05) is 0 Å². The van der Waals surface area contributed by atoms with Crippen LogP contribution in [0.1, 0.15) is 36.5 Å². The van der Waals surface area contributed by atoms with Crippen LogP contribution >= 0.6 is 0 Å². The molecule has 3 rings (SSSR count).